The van der Waals surface area contributed by atoms with Gasteiger partial charge in [0, 0.05) is 10.9 Å². The van der Waals surface area contributed by atoms with Crippen molar-refractivity contribution in [2.45, 2.75) is 6.92 Å². The Kier molecular flexibility index (Phi) is 3.71. The smallest absolute Gasteiger partial charge is 0.0722 e. The van der Waals surface area contributed by atoms with Crippen molar-refractivity contribution in [1.29, 1.82) is 0 Å². The number of carboxylic acid groups (broad SMARTS) is 1. The zero-order valence-electron chi connectivity index (χ0n) is 12.1. The number of carbonyl (C=O) groups excluding carboxylic acids is 1. The van der Waals surface area contributed by atoms with E-state index in [-0.39, 0.29) is 5.56 Å². The summed E-state index contributed by atoms with van der Waals surface area (Å²) in [6.45, 7) is 2.03. The lowest BCUT2D eigenvalue weighted by Gasteiger charge is -2.08. The molecule has 3 aromatic rings. The molecule has 0 aliphatic heterocycles. The van der Waals surface area contributed by atoms with Crippen LogP contribution in [0, 0.1) is 6.92 Å². The maximum Gasteiger partial charge on any atom is 0.0722 e. The maximum atomic E-state index is 11.3. The zero-order chi connectivity index (χ0) is 15.5. The van der Waals surface area contributed by atoms with E-state index in [2.05, 4.69) is 4.98 Å². The van der Waals surface area contributed by atoms with Gasteiger partial charge in [0.1, 0.15) is 0 Å². The topological polar surface area (TPSA) is 53.0 Å². The van der Waals surface area contributed by atoms with Crippen molar-refractivity contribution >= 4 is 29.0 Å². The van der Waals surface area contributed by atoms with Crippen LogP contribution >= 0.6 is 0 Å². The number of fused-ring (bicyclic) bond motifs is 1. The predicted molar refractivity (Wildman–Crippen MR) is 86.2 cm³/mol. The molecule has 0 fully saturated rings. The Morgan fingerprint density at radius 1 is 1.05 bits per heavy atom. The summed E-state index contributed by atoms with van der Waals surface area (Å²) in [6.07, 6.45) is 3.72. The normalized spacial score (nSPS) is 11.1. The highest BCUT2D eigenvalue weighted by Gasteiger charge is 2.04. The second-order valence-electron chi connectivity index (χ2n) is 5.14. The first-order valence-electron chi connectivity index (χ1n) is 6.99. The van der Waals surface area contributed by atoms with Crippen LogP contribution in [0.15, 0.2) is 54.6 Å². The molecule has 22 heavy (non-hydrogen) atoms. The lowest BCUT2D eigenvalue weighted by Crippen LogP contribution is -2.22. The summed E-state index contributed by atoms with van der Waals surface area (Å²) in [5.74, 6) is -1.19. The van der Waals surface area contributed by atoms with E-state index in [9.17, 15) is 9.90 Å². The third-order valence-corrected chi connectivity index (χ3v) is 3.48. The fraction of sp³-hybridized carbons (Fsp3) is 0.0526. The van der Waals surface area contributed by atoms with Gasteiger partial charge in [-0.2, -0.15) is 0 Å². The molecule has 0 saturated carbocycles. The van der Waals surface area contributed by atoms with E-state index in [4.69, 9.17) is 0 Å². The fourth-order valence-corrected chi connectivity index (χ4v) is 2.31. The quantitative estimate of drug-likeness (QED) is 0.744. The highest BCUT2D eigenvalue weighted by Crippen LogP contribution is 2.19. The maximum absolute atomic E-state index is 11.3. The molecule has 0 radical (unpaired) electrons. The Hall–Kier alpha value is -2.94. The molecule has 1 aromatic heterocycles. The standard InChI is InChI=1S/C19H15NO2/c1-13-6-8-14(9-7-13)10-11-15-12-17(19(21)22)16-4-2-3-5-18(16)20-15/h2-12H,1H3,(H,21,22)/p-1/b11-10+. The number of aromatic carboxylic acids is 1. The number of hydrogen-bond acceptors (Lipinski definition) is 3. The SMILES string of the molecule is Cc1ccc(/C=C/c2cc(C(=O)[O-])c3ccccc3n2)cc1. The fourth-order valence-electron chi connectivity index (χ4n) is 2.31. The molecule has 0 aliphatic rings. The number of nitrogens with zero attached hydrogens (tertiary/aromatic N) is 1. The molecule has 108 valence electrons. The van der Waals surface area contributed by atoms with Crippen molar-refractivity contribution in [3.63, 3.8) is 0 Å². The highest BCUT2D eigenvalue weighted by atomic mass is 16.4. The van der Waals surface area contributed by atoms with Crippen LogP contribution in [0.25, 0.3) is 23.1 Å². The van der Waals surface area contributed by atoms with Crippen LogP contribution in [0.4, 0.5) is 0 Å². The molecule has 1 heterocycles. The van der Waals surface area contributed by atoms with Crippen molar-refractivity contribution < 1.29 is 9.90 Å². The molecule has 3 rings (SSSR count). The number of carbonyl (C=O) groups is 1. The Morgan fingerprint density at radius 3 is 2.50 bits per heavy atom. The van der Waals surface area contributed by atoms with Crippen molar-refractivity contribution in [3.05, 3.63) is 77.0 Å². The van der Waals surface area contributed by atoms with Crippen LogP contribution in [-0.4, -0.2) is 11.0 Å². The minimum Gasteiger partial charge on any atom is -0.545 e. The van der Waals surface area contributed by atoms with Gasteiger partial charge in [0.2, 0.25) is 0 Å². The Bertz CT molecular complexity index is 864. The van der Waals surface area contributed by atoms with Gasteiger partial charge < -0.3 is 9.90 Å². The second kappa shape index (κ2) is 5.82. The van der Waals surface area contributed by atoms with Crippen LogP contribution in [-0.2, 0) is 0 Å². The number of hydrogen-bond donors (Lipinski definition) is 0. The Balaban J connectivity index is 2.04. The van der Waals surface area contributed by atoms with E-state index in [0.29, 0.717) is 16.6 Å². The van der Waals surface area contributed by atoms with Gasteiger partial charge in [0.25, 0.3) is 0 Å². The van der Waals surface area contributed by atoms with E-state index < -0.39 is 5.97 Å². The number of aromatic nitrogens is 1. The number of benzene rings is 2. The van der Waals surface area contributed by atoms with E-state index in [1.807, 2.05) is 49.4 Å². The first kappa shape index (κ1) is 14.0. The molecule has 0 aliphatic carbocycles. The van der Waals surface area contributed by atoms with Crippen molar-refractivity contribution in [2.24, 2.45) is 0 Å². The molecule has 0 amide bonds. The number of para-hydroxylation sites is 1. The third-order valence-electron chi connectivity index (χ3n) is 3.48. The number of rotatable bonds is 3. The molecule has 3 nitrogen and oxygen atoms in total. The largest absolute Gasteiger partial charge is 0.545 e. The van der Waals surface area contributed by atoms with Crippen LogP contribution < -0.4 is 5.11 Å². The zero-order valence-corrected chi connectivity index (χ0v) is 12.1. The lowest BCUT2D eigenvalue weighted by atomic mass is 10.1. The summed E-state index contributed by atoms with van der Waals surface area (Å²) in [5, 5.41) is 11.9. The third kappa shape index (κ3) is 2.88. The van der Waals surface area contributed by atoms with Gasteiger partial charge in [-0.1, -0.05) is 54.1 Å². The van der Waals surface area contributed by atoms with Gasteiger partial charge >= 0.3 is 0 Å². The number of aryl methyl sites for hydroxylation is 1. The summed E-state index contributed by atoms with van der Waals surface area (Å²) in [6, 6.07) is 16.8. The first-order chi connectivity index (χ1) is 10.6. The van der Waals surface area contributed by atoms with Crippen LogP contribution in [0.2, 0.25) is 0 Å². The first-order valence-corrected chi connectivity index (χ1v) is 6.99. The molecule has 0 saturated heterocycles. The van der Waals surface area contributed by atoms with Crippen LogP contribution in [0.5, 0.6) is 0 Å². The van der Waals surface area contributed by atoms with Crippen LogP contribution in [0.1, 0.15) is 27.2 Å². The van der Waals surface area contributed by atoms with E-state index in [1.165, 1.54) is 5.56 Å². The molecule has 0 N–H and O–H groups in total. The summed E-state index contributed by atoms with van der Waals surface area (Å²) in [7, 11) is 0. The van der Waals surface area contributed by atoms with Gasteiger partial charge in [-0.3, -0.25) is 0 Å². The Labute approximate surface area is 128 Å². The van der Waals surface area contributed by atoms with E-state index in [0.717, 1.165) is 5.56 Å². The molecule has 2 aromatic carbocycles. The van der Waals surface area contributed by atoms with Crippen molar-refractivity contribution in [3.8, 4) is 0 Å². The van der Waals surface area contributed by atoms with Crippen molar-refractivity contribution in [1.82, 2.24) is 4.98 Å². The van der Waals surface area contributed by atoms with E-state index in [1.54, 1.807) is 24.3 Å². The minimum atomic E-state index is -1.19. The summed E-state index contributed by atoms with van der Waals surface area (Å²) in [4.78, 5) is 15.8. The molecule has 0 spiro atoms. The second-order valence-corrected chi connectivity index (χ2v) is 5.14. The average molecular weight is 288 g/mol. The number of carboxylic acids is 1. The van der Waals surface area contributed by atoms with Gasteiger partial charge in [0.15, 0.2) is 0 Å². The molecular formula is C19H14NO2-. The van der Waals surface area contributed by atoms with Gasteiger partial charge in [-0.25, -0.2) is 4.98 Å². The molecule has 0 unspecified atom stereocenters. The van der Waals surface area contributed by atoms with Gasteiger partial charge in [-0.05, 0) is 30.7 Å². The van der Waals surface area contributed by atoms with Crippen molar-refractivity contribution in [2.75, 3.05) is 0 Å². The monoisotopic (exact) mass is 288 g/mol. The number of pyridine rings is 1. The van der Waals surface area contributed by atoms with E-state index >= 15 is 0 Å². The predicted octanol–water partition coefficient (Wildman–Crippen LogP) is 3.08. The average Bonchev–Trinajstić information content (AvgIpc) is 2.53. The molecule has 0 bridgehead atoms. The lowest BCUT2D eigenvalue weighted by molar-refractivity contribution is -0.254. The van der Waals surface area contributed by atoms with Gasteiger partial charge in [0.05, 0.1) is 17.2 Å². The minimum absolute atomic E-state index is 0.161. The summed E-state index contributed by atoms with van der Waals surface area (Å²) in [5.41, 5.74) is 3.64. The van der Waals surface area contributed by atoms with Gasteiger partial charge in [-0.15, -0.1) is 0 Å². The molecule has 0 atom stereocenters. The molecular weight excluding hydrogens is 274 g/mol. The summed E-state index contributed by atoms with van der Waals surface area (Å²) >= 11 is 0. The van der Waals surface area contributed by atoms with Crippen LogP contribution in [0.3, 0.4) is 0 Å². The summed E-state index contributed by atoms with van der Waals surface area (Å²) < 4.78 is 0. The Morgan fingerprint density at radius 2 is 1.77 bits per heavy atom. The highest BCUT2D eigenvalue weighted by molar-refractivity contribution is 6.02. The molecule has 3 heteroatoms.